The standard InChI is InChI=1S/C17H16BrClFNO3/c1-17(2,3)24-16(23)21-11(9-18)5-6-12(15(21)22)10-4-7-14(20)13(19)8-10/h4-8H,9H2,1-3H3. The minimum Gasteiger partial charge on any atom is -0.443 e. The van der Waals surface area contributed by atoms with Crippen molar-refractivity contribution >= 4 is 33.6 Å². The second kappa shape index (κ2) is 7.07. The molecule has 0 aliphatic rings. The van der Waals surface area contributed by atoms with Gasteiger partial charge in [0, 0.05) is 16.6 Å². The van der Waals surface area contributed by atoms with Crippen LogP contribution in [0.2, 0.25) is 5.02 Å². The lowest BCUT2D eigenvalue weighted by Gasteiger charge is -2.21. The van der Waals surface area contributed by atoms with Gasteiger partial charge in [-0.15, -0.1) is 0 Å². The summed E-state index contributed by atoms with van der Waals surface area (Å²) in [5, 5.41) is 0.201. The fourth-order valence-electron chi connectivity index (χ4n) is 2.07. The molecule has 0 N–H and O–H groups in total. The normalized spacial score (nSPS) is 11.4. The summed E-state index contributed by atoms with van der Waals surface area (Å²) in [5.41, 5.74) is -0.192. The lowest BCUT2D eigenvalue weighted by molar-refractivity contribution is 0.0527. The Morgan fingerprint density at radius 2 is 1.96 bits per heavy atom. The maximum absolute atomic E-state index is 13.3. The van der Waals surface area contributed by atoms with Gasteiger partial charge in [0.15, 0.2) is 0 Å². The van der Waals surface area contributed by atoms with Gasteiger partial charge >= 0.3 is 6.09 Å². The fourth-order valence-corrected chi connectivity index (χ4v) is 2.69. The molecule has 24 heavy (non-hydrogen) atoms. The molecule has 2 rings (SSSR count). The highest BCUT2D eigenvalue weighted by molar-refractivity contribution is 9.08. The molecule has 1 aromatic carbocycles. The van der Waals surface area contributed by atoms with Gasteiger partial charge in [-0.2, -0.15) is 0 Å². The van der Waals surface area contributed by atoms with Crippen LogP contribution >= 0.6 is 27.5 Å². The summed E-state index contributed by atoms with van der Waals surface area (Å²) in [5.74, 6) is -0.579. The number of halogens is 3. The highest BCUT2D eigenvalue weighted by atomic mass is 79.9. The quantitative estimate of drug-likeness (QED) is 0.648. The van der Waals surface area contributed by atoms with Crippen molar-refractivity contribution in [3.8, 4) is 11.1 Å². The van der Waals surface area contributed by atoms with Crippen molar-refractivity contribution in [2.45, 2.75) is 31.7 Å². The Hall–Kier alpha value is -1.66. The van der Waals surface area contributed by atoms with Crippen LogP contribution in [-0.2, 0) is 10.1 Å². The van der Waals surface area contributed by atoms with E-state index < -0.39 is 23.1 Å². The molecule has 0 spiro atoms. The van der Waals surface area contributed by atoms with Crippen LogP contribution < -0.4 is 5.56 Å². The van der Waals surface area contributed by atoms with E-state index in [0.717, 1.165) is 4.57 Å². The number of benzene rings is 1. The summed E-state index contributed by atoms with van der Waals surface area (Å²) in [6.45, 7) is 5.15. The minimum absolute atomic E-state index is 0.0970. The second-order valence-corrected chi connectivity index (χ2v) is 7.09. The van der Waals surface area contributed by atoms with Gasteiger partial charge in [0.25, 0.3) is 5.56 Å². The highest BCUT2D eigenvalue weighted by Gasteiger charge is 2.22. The van der Waals surface area contributed by atoms with Crippen LogP contribution in [0.1, 0.15) is 26.5 Å². The number of carbonyl (C=O) groups excluding carboxylic acids is 1. The molecule has 0 aliphatic carbocycles. The van der Waals surface area contributed by atoms with Crippen LogP contribution in [0, 0.1) is 5.82 Å². The molecule has 0 atom stereocenters. The topological polar surface area (TPSA) is 48.3 Å². The molecule has 0 amide bonds. The Balaban J connectivity index is 2.61. The van der Waals surface area contributed by atoms with Crippen molar-refractivity contribution in [3.05, 3.63) is 57.2 Å². The molecular weight excluding hydrogens is 401 g/mol. The zero-order valence-corrected chi connectivity index (χ0v) is 15.7. The second-order valence-electron chi connectivity index (χ2n) is 6.12. The molecule has 0 aliphatic heterocycles. The number of carbonyl (C=O) groups is 1. The maximum atomic E-state index is 13.3. The summed E-state index contributed by atoms with van der Waals surface area (Å²) in [6.07, 6.45) is -0.767. The number of ether oxygens (including phenoxy) is 1. The van der Waals surface area contributed by atoms with Crippen molar-refractivity contribution in [2.24, 2.45) is 0 Å². The SMILES string of the molecule is CC(C)(C)OC(=O)n1c(CBr)ccc(-c2ccc(F)c(Cl)c2)c1=O. The zero-order chi connectivity index (χ0) is 18.1. The summed E-state index contributed by atoms with van der Waals surface area (Å²) in [4.78, 5) is 25.2. The fraction of sp³-hybridized carbons (Fsp3) is 0.294. The van der Waals surface area contributed by atoms with E-state index in [9.17, 15) is 14.0 Å². The number of hydrogen-bond donors (Lipinski definition) is 0. The van der Waals surface area contributed by atoms with Crippen LogP contribution in [0.5, 0.6) is 0 Å². The summed E-state index contributed by atoms with van der Waals surface area (Å²) < 4.78 is 19.6. The smallest absolute Gasteiger partial charge is 0.421 e. The van der Waals surface area contributed by atoms with Crippen LogP contribution in [0.25, 0.3) is 11.1 Å². The monoisotopic (exact) mass is 415 g/mol. The largest absolute Gasteiger partial charge is 0.443 e. The van der Waals surface area contributed by atoms with Crippen LogP contribution in [0.3, 0.4) is 0 Å². The van der Waals surface area contributed by atoms with E-state index in [1.54, 1.807) is 32.9 Å². The molecule has 0 saturated carbocycles. The molecule has 0 saturated heterocycles. The van der Waals surface area contributed by atoms with Crippen LogP contribution in [-0.4, -0.2) is 16.3 Å². The van der Waals surface area contributed by atoms with E-state index in [-0.39, 0.29) is 10.6 Å². The van der Waals surface area contributed by atoms with E-state index in [4.69, 9.17) is 16.3 Å². The first-order valence-corrected chi connectivity index (χ1v) is 8.63. The zero-order valence-electron chi connectivity index (χ0n) is 13.4. The number of aromatic nitrogens is 1. The van der Waals surface area contributed by atoms with Crippen LogP contribution in [0.15, 0.2) is 35.1 Å². The van der Waals surface area contributed by atoms with E-state index >= 15 is 0 Å². The molecule has 7 heteroatoms. The molecule has 1 heterocycles. The average Bonchev–Trinajstić information content (AvgIpc) is 2.47. The highest BCUT2D eigenvalue weighted by Crippen LogP contribution is 2.23. The predicted octanol–water partition coefficient (Wildman–Crippen LogP) is 4.99. The first-order valence-electron chi connectivity index (χ1n) is 7.13. The third kappa shape index (κ3) is 4.05. The summed E-state index contributed by atoms with van der Waals surface area (Å²) in [7, 11) is 0. The Labute approximate surface area is 152 Å². The third-order valence-corrected chi connectivity index (χ3v) is 3.97. The lowest BCUT2D eigenvalue weighted by atomic mass is 10.1. The number of pyridine rings is 1. The first-order chi connectivity index (χ1) is 11.1. The Morgan fingerprint density at radius 3 is 2.50 bits per heavy atom. The van der Waals surface area contributed by atoms with Gasteiger partial charge in [0.05, 0.1) is 5.02 Å². The van der Waals surface area contributed by atoms with Gasteiger partial charge in [-0.25, -0.2) is 13.8 Å². The van der Waals surface area contributed by atoms with E-state index in [2.05, 4.69) is 15.9 Å². The number of nitrogens with zero attached hydrogens (tertiary/aromatic N) is 1. The van der Waals surface area contributed by atoms with Crippen molar-refractivity contribution in [1.29, 1.82) is 0 Å². The maximum Gasteiger partial charge on any atom is 0.421 e. The molecule has 128 valence electrons. The molecule has 4 nitrogen and oxygen atoms in total. The Kier molecular flexibility index (Phi) is 5.50. The summed E-state index contributed by atoms with van der Waals surface area (Å²) in [6, 6.07) is 7.16. The van der Waals surface area contributed by atoms with E-state index in [1.807, 2.05) is 0 Å². The van der Waals surface area contributed by atoms with Crippen molar-refractivity contribution in [2.75, 3.05) is 0 Å². The molecule has 0 bridgehead atoms. The van der Waals surface area contributed by atoms with Gasteiger partial charge in [0.2, 0.25) is 0 Å². The lowest BCUT2D eigenvalue weighted by Crippen LogP contribution is -2.35. The third-order valence-electron chi connectivity index (χ3n) is 3.11. The molecule has 0 radical (unpaired) electrons. The average molecular weight is 417 g/mol. The molecule has 0 fully saturated rings. The number of rotatable bonds is 2. The van der Waals surface area contributed by atoms with Gasteiger partial charge in [0.1, 0.15) is 11.4 Å². The summed E-state index contributed by atoms with van der Waals surface area (Å²) >= 11 is 9.04. The van der Waals surface area contributed by atoms with Gasteiger partial charge in [-0.3, -0.25) is 4.79 Å². The van der Waals surface area contributed by atoms with E-state index in [0.29, 0.717) is 16.6 Å². The minimum atomic E-state index is -0.767. The van der Waals surface area contributed by atoms with Gasteiger partial charge < -0.3 is 4.74 Å². The Morgan fingerprint density at radius 1 is 1.29 bits per heavy atom. The van der Waals surface area contributed by atoms with Crippen molar-refractivity contribution in [3.63, 3.8) is 0 Å². The van der Waals surface area contributed by atoms with Crippen molar-refractivity contribution < 1.29 is 13.9 Å². The number of alkyl halides is 1. The first kappa shape index (κ1) is 18.7. The predicted molar refractivity (Wildman–Crippen MR) is 95.4 cm³/mol. The molecular formula is C17H16BrClFNO3. The molecule has 2 aromatic rings. The number of hydrogen-bond acceptors (Lipinski definition) is 3. The van der Waals surface area contributed by atoms with E-state index in [1.165, 1.54) is 18.2 Å². The molecule has 0 unspecified atom stereocenters. The van der Waals surface area contributed by atoms with Gasteiger partial charge in [-0.05, 0) is 50.6 Å². The van der Waals surface area contributed by atoms with Crippen LogP contribution in [0.4, 0.5) is 9.18 Å². The van der Waals surface area contributed by atoms with Gasteiger partial charge in [-0.1, -0.05) is 33.6 Å². The molecule has 1 aromatic heterocycles. The Bertz CT molecular complexity index is 843. The van der Waals surface area contributed by atoms with Crippen molar-refractivity contribution in [1.82, 2.24) is 4.57 Å².